The summed E-state index contributed by atoms with van der Waals surface area (Å²) < 4.78 is 5.13. The van der Waals surface area contributed by atoms with Gasteiger partial charge in [0.25, 0.3) is 0 Å². The van der Waals surface area contributed by atoms with Gasteiger partial charge in [0, 0.05) is 6.42 Å². The van der Waals surface area contributed by atoms with Crippen molar-refractivity contribution in [2.45, 2.75) is 118 Å². The largest absolute Gasteiger partial charge is 0.466 e. The van der Waals surface area contributed by atoms with Crippen LogP contribution in [0.5, 0.6) is 0 Å². The molecule has 3 fully saturated rings. The number of esters is 1. The first-order valence-electron chi connectivity index (χ1n) is 15.2. The fourth-order valence-electron chi connectivity index (χ4n) is 9.21. The molecule has 9 atom stereocenters. The maximum absolute atomic E-state index is 11.8. The molecule has 3 saturated carbocycles. The van der Waals surface area contributed by atoms with Crippen molar-refractivity contribution in [1.82, 2.24) is 5.32 Å². The van der Waals surface area contributed by atoms with E-state index in [2.05, 4.69) is 39.1 Å². The van der Waals surface area contributed by atoms with Crippen LogP contribution in [0.15, 0.2) is 11.6 Å². The van der Waals surface area contributed by atoms with Gasteiger partial charge in [-0.2, -0.15) is 0 Å². The number of carbonyl (C=O) groups excluding carboxylic acids is 1. The maximum Gasteiger partial charge on any atom is 0.306 e. The van der Waals surface area contributed by atoms with Crippen LogP contribution in [0.1, 0.15) is 112 Å². The first-order chi connectivity index (χ1) is 17.1. The predicted octanol–water partition coefficient (Wildman–Crippen LogP) is 7.16. The molecule has 4 rings (SSSR count). The lowest BCUT2D eigenvalue weighted by molar-refractivity contribution is -0.144. The number of ether oxygens (including phenoxy) is 1. The highest BCUT2D eigenvalue weighted by molar-refractivity contribution is 5.69. The zero-order chi connectivity index (χ0) is 26.5. The maximum atomic E-state index is 11.8. The van der Waals surface area contributed by atoms with E-state index in [1.807, 2.05) is 21.0 Å². The molecule has 1 unspecified atom stereocenters. The van der Waals surface area contributed by atoms with E-state index in [1.54, 1.807) is 5.57 Å². The summed E-state index contributed by atoms with van der Waals surface area (Å²) in [5, 5.41) is 13.0. The van der Waals surface area contributed by atoms with Crippen LogP contribution in [0.25, 0.3) is 0 Å². The number of allylic oxidation sites excluding steroid dienone is 1. The monoisotopic (exact) mass is 503 g/mol. The van der Waals surface area contributed by atoms with Crippen LogP contribution in [0.4, 0.5) is 0 Å². The lowest BCUT2D eigenvalue weighted by Gasteiger charge is -2.58. The smallest absolute Gasteiger partial charge is 0.306 e. The zero-order valence-electron chi connectivity index (χ0n) is 24.6. The third kappa shape index (κ3) is 6.22. The number of nitrogens with one attached hydrogen (secondary N) is 1. The molecule has 0 bridgehead atoms. The molecule has 0 radical (unpaired) electrons. The highest BCUT2D eigenvalue weighted by Crippen LogP contribution is 2.67. The summed E-state index contributed by atoms with van der Waals surface area (Å²) in [5.41, 5.74) is 2.45. The van der Waals surface area contributed by atoms with E-state index in [4.69, 9.17) is 4.74 Å². The summed E-state index contributed by atoms with van der Waals surface area (Å²) in [5.74, 6) is 4.60. The normalized spacial score (nSPS) is 38.9. The van der Waals surface area contributed by atoms with Crippen LogP contribution in [0.3, 0.4) is 0 Å². The van der Waals surface area contributed by atoms with E-state index in [0.29, 0.717) is 29.8 Å². The topological polar surface area (TPSA) is 58.6 Å². The molecule has 208 valence electrons. The lowest BCUT2D eigenvalue weighted by Crippen LogP contribution is -2.50. The van der Waals surface area contributed by atoms with Gasteiger partial charge in [-0.3, -0.25) is 4.79 Å². The molecular weight excluding hydrogens is 446 g/mol. The quantitative estimate of drug-likeness (QED) is 0.273. The molecule has 36 heavy (non-hydrogen) atoms. The third-order valence-electron chi connectivity index (χ3n) is 11.0. The van der Waals surface area contributed by atoms with E-state index < -0.39 is 0 Å². The van der Waals surface area contributed by atoms with Gasteiger partial charge in [-0.1, -0.05) is 58.6 Å². The summed E-state index contributed by atoms with van der Waals surface area (Å²) in [4.78, 5) is 11.8. The van der Waals surface area contributed by atoms with E-state index in [9.17, 15) is 9.90 Å². The minimum atomic E-state index is -0.105. The number of carbonyl (C=O) groups is 1. The van der Waals surface area contributed by atoms with Crippen molar-refractivity contribution in [1.29, 1.82) is 0 Å². The zero-order valence-corrected chi connectivity index (χ0v) is 24.6. The number of rotatable bonds is 8. The summed E-state index contributed by atoms with van der Waals surface area (Å²) in [6.45, 7) is 12.3. The van der Waals surface area contributed by atoms with Gasteiger partial charge >= 0.3 is 5.97 Å². The third-order valence-corrected chi connectivity index (χ3v) is 11.0. The van der Waals surface area contributed by atoms with Gasteiger partial charge in [0.2, 0.25) is 0 Å². The number of hydrogen-bond donors (Lipinski definition) is 2. The molecule has 0 saturated heterocycles. The van der Waals surface area contributed by atoms with Gasteiger partial charge in [-0.15, -0.1) is 0 Å². The molecule has 0 aromatic heterocycles. The molecule has 4 aliphatic rings. The van der Waals surface area contributed by atoms with Gasteiger partial charge in [0.15, 0.2) is 0 Å². The SMILES string of the molecule is CCOC(=O)CC(C)CCC[C@@H](C)[C@H]1CC[C@H]2[C@@H]3CC=C4C[C@@H](O)CC[C@]4(C)[C@H]3CC[C@]12C.CNC. The summed E-state index contributed by atoms with van der Waals surface area (Å²) in [6.07, 6.45) is 16.7. The van der Waals surface area contributed by atoms with Crippen LogP contribution < -0.4 is 5.32 Å². The summed E-state index contributed by atoms with van der Waals surface area (Å²) in [7, 11) is 3.75. The molecule has 4 aliphatic carbocycles. The van der Waals surface area contributed by atoms with Crippen LogP contribution >= 0.6 is 0 Å². The average Bonchev–Trinajstić information content (AvgIpc) is 3.17. The number of fused-ring (bicyclic) bond motifs is 5. The van der Waals surface area contributed by atoms with Crippen molar-refractivity contribution in [3.05, 3.63) is 11.6 Å². The Labute approximate surface area is 222 Å². The van der Waals surface area contributed by atoms with Crippen molar-refractivity contribution in [2.24, 2.45) is 46.3 Å². The van der Waals surface area contributed by atoms with Gasteiger partial charge in [0.1, 0.15) is 0 Å². The molecule has 0 heterocycles. The molecule has 0 amide bonds. The second-order valence-electron chi connectivity index (χ2n) is 13.4. The number of aliphatic hydroxyl groups is 1. The molecular formula is C32H57NO3. The van der Waals surface area contributed by atoms with Crippen molar-refractivity contribution in [2.75, 3.05) is 20.7 Å². The molecule has 2 N–H and O–H groups in total. The van der Waals surface area contributed by atoms with Crippen LogP contribution in [-0.2, 0) is 9.53 Å². The van der Waals surface area contributed by atoms with Gasteiger partial charge in [0.05, 0.1) is 12.7 Å². The van der Waals surface area contributed by atoms with Crippen molar-refractivity contribution >= 4 is 5.97 Å². The Kier molecular flexibility index (Phi) is 10.5. The fourth-order valence-corrected chi connectivity index (χ4v) is 9.21. The molecule has 4 nitrogen and oxygen atoms in total. The number of hydrogen-bond acceptors (Lipinski definition) is 4. The van der Waals surface area contributed by atoms with Gasteiger partial charge in [-0.05, 0) is 119 Å². The molecule has 0 aromatic carbocycles. The predicted molar refractivity (Wildman–Crippen MR) is 150 cm³/mol. The van der Waals surface area contributed by atoms with E-state index >= 15 is 0 Å². The van der Waals surface area contributed by atoms with Gasteiger partial charge in [-0.25, -0.2) is 0 Å². The fraction of sp³-hybridized carbons (Fsp3) is 0.906. The number of aliphatic hydroxyl groups excluding tert-OH is 1. The Morgan fingerprint density at radius 3 is 2.53 bits per heavy atom. The second-order valence-corrected chi connectivity index (χ2v) is 13.4. The standard InChI is InChI=1S/C30H50O3.C2H7N/c1-6-33-28(32)18-20(2)8-7-9-21(3)25-12-13-26-24-11-10-22-19-23(31)14-16-29(22,4)27(24)15-17-30(25,26)5;1-3-2/h10,20-21,23-27,31H,6-9,11-19H2,1-5H3;3H,1-2H3/t20?,21-,23+,24+,25-,26+,27+,29+,30-;/m1./s1. The van der Waals surface area contributed by atoms with Crippen molar-refractivity contribution < 1.29 is 14.6 Å². The Hall–Kier alpha value is -0.870. The minimum Gasteiger partial charge on any atom is -0.466 e. The molecule has 0 aliphatic heterocycles. The van der Waals surface area contributed by atoms with Crippen LogP contribution in [-0.4, -0.2) is 37.9 Å². The van der Waals surface area contributed by atoms with E-state index in [0.717, 1.165) is 48.9 Å². The average molecular weight is 504 g/mol. The Balaban J connectivity index is 0.00000115. The van der Waals surface area contributed by atoms with Crippen LogP contribution in [0, 0.1) is 46.3 Å². The molecule has 4 heteroatoms. The van der Waals surface area contributed by atoms with E-state index in [-0.39, 0.29) is 12.1 Å². The molecule has 0 aromatic rings. The Morgan fingerprint density at radius 1 is 1.11 bits per heavy atom. The second kappa shape index (κ2) is 12.8. The minimum absolute atomic E-state index is 0.0354. The summed E-state index contributed by atoms with van der Waals surface area (Å²) >= 11 is 0. The highest BCUT2D eigenvalue weighted by Gasteiger charge is 2.59. The first kappa shape index (κ1) is 29.7. The highest BCUT2D eigenvalue weighted by atomic mass is 16.5. The first-order valence-corrected chi connectivity index (χ1v) is 15.2. The van der Waals surface area contributed by atoms with Crippen LogP contribution in [0.2, 0.25) is 0 Å². The Bertz CT molecular complexity index is 750. The lowest BCUT2D eigenvalue weighted by atomic mass is 9.47. The van der Waals surface area contributed by atoms with E-state index in [1.165, 1.54) is 51.4 Å². The summed E-state index contributed by atoms with van der Waals surface area (Å²) in [6, 6.07) is 0. The van der Waals surface area contributed by atoms with Crippen molar-refractivity contribution in [3.63, 3.8) is 0 Å². The Morgan fingerprint density at radius 2 is 1.83 bits per heavy atom. The van der Waals surface area contributed by atoms with Crippen molar-refractivity contribution in [3.8, 4) is 0 Å². The molecule has 0 spiro atoms. The van der Waals surface area contributed by atoms with Gasteiger partial charge < -0.3 is 15.2 Å².